The number of carbonyl (C=O) groups is 2. The third-order valence-electron chi connectivity index (χ3n) is 5.14. The first-order valence-electron chi connectivity index (χ1n) is 9.75. The van der Waals surface area contributed by atoms with E-state index in [1.807, 2.05) is 0 Å². The van der Waals surface area contributed by atoms with Crippen molar-refractivity contribution in [3.8, 4) is 0 Å². The number of hydrogen-bond donors (Lipinski definition) is 2. The molecule has 0 bridgehead atoms. The van der Waals surface area contributed by atoms with Crippen molar-refractivity contribution >= 4 is 34.3 Å². The number of non-ortho nitro benzene ring substituents is 1. The maximum Gasteiger partial charge on any atom is 0.418 e. The Labute approximate surface area is 189 Å². The number of rotatable bonds is 5. The number of nitrogen functional groups attached to an aromatic ring is 1. The highest BCUT2D eigenvalue weighted by Crippen LogP contribution is 2.36. The molecule has 0 aliphatic rings. The number of carbonyl (C=O) groups excluding carboxylic acids is 2. The van der Waals surface area contributed by atoms with E-state index in [0.717, 1.165) is 24.3 Å². The monoisotopic (exact) mass is 468 g/mol. The molecule has 3 N–H and O–H groups in total. The Morgan fingerprint density at radius 2 is 1.62 bits per heavy atom. The van der Waals surface area contributed by atoms with Crippen molar-refractivity contribution in [3.05, 3.63) is 105 Å². The molecule has 4 rings (SSSR count). The predicted molar refractivity (Wildman–Crippen MR) is 118 cm³/mol. The number of nitrogens with two attached hydrogens (primary N) is 1. The van der Waals surface area contributed by atoms with Crippen LogP contribution in [0.3, 0.4) is 0 Å². The van der Waals surface area contributed by atoms with Crippen LogP contribution in [0.2, 0.25) is 0 Å². The number of aromatic nitrogens is 1. The molecule has 0 spiro atoms. The number of nitro benzene ring substituents is 1. The van der Waals surface area contributed by atoms with E-state index < -0.39 is 34.0 Å². The molecule has 0 atom stereocenters. The molecule has 2 heterocycles. The zero-order valence-electron chi connectivity index (χ0n) is 17.2. The van der Waals surface area contributed by atoms with Gasteiger partial charge in [-0.3, -0.25) is 19.7 Å². The minimum atomic E-state index is -4.70. The van der Waals surface area contributed by atoms with Gasteiger partial charge in [-0.25, -0.2) is 0 Å². The summed E-state index contributed by atoms with van der Waals surface area (Å²) in [6.07, 6.45) is -3.22. The van der Waals surface area contributed by atoms with Gasteiger partial charge in [-0.1, -0.05) is 18.2 Å². The first kappa shape index (κ1) is 22.5. The van der Waals surface area contributed by atoms with Crippen molar-refractivity contribution in [1.29, 1.82) is 0 Å². The van der Waals surface area contributed by atoms with Crippen molar-refractivity contribution in [1.82, 2.24) is 4.40 Å². The molecule has 4 aromatic rings. The van der Waals surface area contributed by atoms with Crippen LogP contribution in [-0.2, 0) is 6.18 Å². The van der Waals surface area contributed by atoms with Crippen LogP contribution in [0.5, 0.6) is 0 Å². The first-order chi connectivity index (χ1) is 16.1. The maximum absolute atomic E-state index is 13.3. The van der Waals surface area contributed by atoms with Crippen molar-refractivity contribution < 1.29 is 27.7 Å². The fourth-order valence-electron chi connectivity index (χ4n) is 3.59. The summed E-state index contributed by atoms with van der Waals surface area (Å²) in [6.45, 7) is 0. The summed E-state index contributed by atoms with van der Waals surface area (Å²) in [6, 6.07) is 13.9. The molecular weight excluding hydrogens is 453 g/mol. The number of benzene rings is 2. The van der Waals surface area contributed by atoms with E-state index in [0.29, 0.717) is 0 Å². The summed E-state index contributed by atoms with van der Waals surface area (Å²) < 4.78 is 41.4. The average molecular weight is 468 g/mol. The lowest BCUT2D eigenvalue weighted by Crippen LogP contribution is -2.17. The Bertz CT molecular complexity index is 1440. The zero-order valence-corrected chi connectivity index (χ0v) is 17.2. The minimum absolute atomic E-state index is 0.0786. The minimum Gasteiger partial charge on any atom is -0.396 e. The van der Waals surface area contributed by atoms with E-state index >= 15 is 0 Å². The van der Waals surface area contributed by atoms with Gasteiger partial charge in [0.1, 0.15) is 5.69 Å². The lowest BCUT2D eigenvalue weighted by atomic mass is 10.1. The van der Waals surface area contributed by atoms with Crippen LogP contribution in [0.15, 0.2) is 72.9 Å². The number of nitrogens with zero attached hydrogens (tertiary/aromatic N) is 2. The summed E-state index contributed by atoms with van der Waals surface area (Å²) in [7, 11) is 0. The maximum atomic E-state index is 13.3. The molecule has 172 valence electrons. The highest BCUT2D eigenvalue weighted by molar-refractivity contribution is 6.20. The van der Waals surface area contributed by atoms with Gasteiger partial charge in [0, 0.05) is 23.9 Å². The highest BCUT2D eigenvalue weighted by atomic mass is 19.4. The molecule has 0 unspecified atom stereocenters. The van der Waals surface area contributed by atoms with Crippen molar-refractivity contribution in [2.75, 3.05) is 11.1 Å². The molecule has 0 radical (unpaired) electrons. The number of ketones is 1. The standard InChI is InChI=1S/C23H15F3N4O4/c24-23(25,26)15-5-1-2-6-16(15)28-22(32)18-17-7-3-4-12-29(17)20(19(18)27)21(31)13-8-10-14(11-9-13)30(33)34/h1-12H,27H2,(H,28,32). The molecule has 0 aliphatic heterocycles. The van der Waals surface area contributed by atoms with Gasteiger partial charge in [0.05, 0.1) is 32.9 Å². The molecule has 2 aromatic carbocycles. The van der Waals surface area contributed by atoms with Crippen LogP contribution in [0.25, 0.3) is 5.52 Å². The molecule has 0 aliphatic carbocycles. The molecule has 34 heavy (non-hydrogen) atoms. The Balaban J connectivity index is 1.79. The van der Waals surface area contributed by atoms with Gasteiger partial charge < -0.3 is 15.5 Å². The number of para-hydroxylation sites is 1. The van der Waals surface area contributed by atoms with Crippen LogP contribution in [0.1, 0.15) is 32.0 Å². The van der Waals surface area contributed by atoms with Crippen LogP contribution in [0, 0.1) is 10.1 Å². The van der Waals surface area contributed by atoms with Gasteiger partial charge in [0.15, 0.2) is 0 Å². The number of pyridine rings is 1. The molecule has 0 fully saturated rings. The first-order valence-corrected chi connectivity index (χ1v) is 9.75. The number of fused-ring (bicyclic) bond motifs is 1. The SMILES string of the molecule is Nc1c(C(=O)Nc2ccccc2C(F)(F)F)c2ccccn2c1C(=O)c1ccc([N+](=O)[O-])cc1. The number of halogens is 3. The Kier molecular flexibility index (Phi) is 5.53. The lowest BCUT2D eigenvalue weighted by molar-refractivity contribution is -0.384. The fourth-order valence-corrected chi connectivity index (χ4v) is 3.59. The van der Waals surface area contributed by atoms with E-state index in [1.165, 1.54) is 40.9 Å². The van der Waals surface area contributed by atoms with Crippen molar-refractivity contribution in [2.45, 2.75) is 6.18 Å². The summed E-state index contributed by atoms with van der Waals surface area (Å²) in [5, 5.41) is 13.1. The third kappa shape index (κ3) is 3.94. The molecule has 2 aromatic heterocycles. The van der Waals surface area contributed by atoms with E-state index in [4.69, 9.17) is 5.73 Å². The summed E-state index contributed by atoms with van der Waals surface area (Å²) in [5.41, 5.74) is 4.23. The van der Waals surface area contributed by atoms with Gasteiger partial charge in [-0.05, 0) is 36.4 Å². The van der Waals surface area contributed by atoms with Crippen molar-refractivity contribution in [2.24, 2.45) is 0 Å². The molecule has 0 saturated carbocycles. The predicted octanol–water partition coefficient (Wildman–Crippen LogP) is 4.93. The summed E-state index contributed by atoms with van der Waals surface area (Å²) >= 11 is 0. The fraction of sp³-hybridized carbons (Fsp3) is 0.0435. The number of anilines is 2. The Morgan fingerprint density at radius 1 is 0.971 bits per heavy atom. The van der Waals surface area contributed by atoms with Gasteiger partial charge >= 0.3 is 6.18 Å². The van der Waals surface area contributed by atoms with Gasteiger partial charge in [-0.15, -0.1) is 0 Å². The molecule has 1 amide bonds. The Hall–Kier alpha value is -4.67. The summed E-state index contributed by atoms with van der Waals surface area (Å²) in [5.74, 6) is -1.55. The Morgan fingerprint density at radius 3 is 2.26 bits per heavy atom. The average Bonchev–Trinajstić information content (AvgIpc) is 3.10. The molecule has 0 saturated heterocycles. The molecule has 8 nitrogen and oxygen atoms in total. The number of hydrogen-bond acceptors (Lipinski definition) is 5. The van der Waals surface area contributed by atoms with E-state index in [9.17, 15) is 32.9 Å². The van der Waals surface area contributed by atoms with Gasteiger partial charge in [0.25, 0.3) is 11.6 Å². The lowest BCUT2D eigenvalue weighted by Gasteiger charge is -2.13. The smallest absolute Gasteiger partial charge is 0.396 e. The normalized spacial score (nSPS) is 11.4. The van der Waals surface area contributed by atoms with Gasteiger partial charge in [0.2, 0.25) is 5.78 Å². The van der Waals surface area contributed by atoms with E-state index in [-0.39, 0.29) is 33.7 Å². The molecular formula is C23H15F3N4O4. The second-order valence-corrected chi connectivity index (χ2v) is 7.22. The van der Waals surface area contributed by atoms with Gasteiger partial charge in [-0.2, -0.15) is 13.2 Å². The van der Waals surface area contributed by atoms with Crippen LogP contribution >= 0.6 is 0 Å². The van der Waals surface area contributed by atoms with Crippen LogP contribution in [0.4, 0.5) is 30.2 Å². The van der Waals surface area contributed by atoms with Crippen molar-refractivity contribution in [3.63, 3.8) is 0 Å². The number of nitrogens with one attached hydrogen (secondary N) is 1. The second kappa shape index (κ2) is 8.35. The zero-order chi connectivity index (χ0) is 24.6. The number of alkyl halides is 3. The third-order valence-corrected chi connectivity index (χ3v) is 5.14. The quantitative estimate of drug-likeness (QED) is 0.244. The number of amides is 1. The number of nitro groups is 1. The highest BCUT2D eigenvalue weighted by Gasteiger charge is 2.34. The largest absolute Gasteiger partial charge is 0.418 e. The van der Waals surface area contributed by atoms with E-state index in [2.05, 4.69) is 5.32 Å². The van der Waals surface area contributed by atoms with Crippen LogP contribution < -0.4 is 11.1 Å². The second-order valence-electron chi connectivity index (χ2n) is 7.22. The van der Waals surface area contributed by atoms with Crippen LogP contribution in [-0.4, -0.2) is 21.0 Å². The topological polar surface area (TPSA) is 120 Å². The molecule has 11 heteroatoms. The van der Waals surface area contributed by atoms with E-state index in [1.54, 1.807) is 12.1 Å². The summed E-state index contributed by atoms with van der Waals surface area (Å²) in [4.78, 5) is 36.5.